The molecule has 0 aliphatic heterocycles. The highest BCUT2D eigenvalue weighted by Gasteiger charge is 2.19. The number of carbonyl (C=O) groups excluding carboxylic acids is 3. The van der Waals surface area contributed by atoms with Crippen LogP contribution in [0.4, 0.5) is 0 Å². The van der Waals surface area contributed by atoms with Crippen molar-refractivity contribution in [2.75, 3.05) is 13.2 Å². The summed E-state index contributed by atoms with van der Waals surface area (Å²) in [5, 5.41) is 0. The molecule has 0 aliphatic rings. The Bertz CT molecular complexity index is 1250. The number of hydrogen-bond donors (Lipinski definition) is 0. The number of esters is 3. The first-order valence-corrected chi connectivity index (χ1v) is 31.6. The summed E-state index contributed by atoms with van der Waals surface area (Å²) in [6.07, 6.45) is 75.6. The summed E-state index contributed by atoms with van der Waals surface area (Å²) in [5.41, 5.74) is 0. The van der Waals surface area contributed by atoms with Crippen molar-refractivity contribution < 1.29 is 28.6 Å². The smallest absolute Gasteiger partial charge is 0.306 e. The first-order valence-electron chi connectivity index (χ1n) is 31.6. The topological polar surface area (TPSA) is 78.9 Å². The number of hydrogen-bond acceptors (Lipinski definition) is 6. The Labute approximate surface area is 448 Å². The Morgan fingerprint density at radius 3 is 0.792 bits per heavy atom. The maximum atomic E-state index is 12.9. The van der Waals surface area contributed by atoms with Crippen molar-refractivity contribution in [3.8, 4) is 0 Å². The van der Waals surface area contributed by atoms with E-state index >= 15 is 0 Å². The van der Waals surface area contributed by atoms with E-state index in [9.17, 15) is 14.4 Å². The third-order valence-electron chi connectivity index (χ3n) is 14.1. The van der Waals surface area contributed by atoms with Crippen LogP contribution in [-0.4, -0.2) is 37.2 Å². The number of rotatable bonds is 58. The summed E-state index contributed by atoms with van der Waals surface area (Å²) < 4.78 is 16.9. The lowest BCUT2D eigenvalue weighted by Gasteiger charge is -2.18. The van der Waals surface area contributed by atoms with Crippen LogP contribution in [0, 0.1) is 0 Å². The molecule has 0 amide bonds. The highest BCUT2D eigenvalue weighted by Crippen LogP contribution is 2.17. The Balaban J connectivity index is 4.14. The first-order chi connectivity index (χ1) is 35.5. The van der Waals surface area contributed by atoms with Gasteiger partial charge in [0.1, 0.15) is 13.2 Å². The summed E-state index contributed by atoms with van der Waals surface area (Å²) in [6.45, 7) is 6.63. The zero-order valence-corrected chi connectivity index (χ0v) is 48.2. The monoisotopic (exact) mass is 1010 g/mol. The van der Waals surface area contributed by atoms with Gasteiger partial charge in [-0.1, -0.05) is 281 Å². The molecule has 420 valence electrons. The van der Waals surface area contributed by atoms with Crippen molar-refractivity contribution in [1.82, 2.24) is 0 Å². The molecule has 6 nitrogen and oxygen atoms in total. The molecule has 1 atom stereocenters. The van der Waals surface area contributed by atoms with Gasteiger partial charge in [0, 0.05) is 19.3 Å². The van der Waals surface area contributed by atoms with E-state index in [1.165, 1.54) is 225 Å². The summed E-state index contributed by atoms with van der Waals surface area (Å²) in [6, 6.07) is 0. The third-order valence-corrected chi connectivity index (χ3v) is 14.1. The standard InChI is InChI=1S/C66H120O6/c1-4-7-10-13-16-19-21-23-25-27-29-30-31-32-33-34-35-36-38-39-41-43-45-47-50-53-56-59-65(68)71-62-63(61-70-64(67)58-55-52-49-18-15-12-9-6-3)72-66(69)60-57-54-51-48-46-44-42-40-37-28-26-24-22-20-17-14-11-8-5-2/h21,23-24,26-27,29,31-32,63H,4-20,22,25,28,30,33-62H2,1-3H3/b23-21-,26-24-,29-27-,32-31-. The minimum atomic E-state index is -0.771. The molecule has 0 fully saturated rings. The summed E-state index contributed by atoms with van der Waals surface area (Å²) in [4.78, 5) is 38.1. The van der Waals surface area contributed by atoms with Crippen molar-refractivity contribution in [2.24, 2.45) is 0 Å². The normalized spacial score (nSPS) is 12.3. The van der Waals surface area contributed by atoms with Crippen molar-refractivity contribution in [1.29, 1.82) is 0 Å². The van der Waals surface area contributed by atoms with Crippen LogP contribution >= 0.6 is 0 Å². The Morgan fingerprint density at radius 2 is 0.500 bits per heavy atom. The van der Waals surface area contributed by atoms with Gasteiger partial charge in [-0.3, -0.25) is 14.4 Å². The molecular formula is C66H120O6. The van der Waals surface area contributed by atoms with Gasteiger partial charge in [-0.15, -0.1) is 0 Å². The summed E-state index contributed by atoms with van der Waals surface area (Å²) >= 11 is 0. The van der Waals surface area contributed by atoms with Gasteiger partial charge >= 0.3 is 17.9 Å². The molecule has 0 saturated carbocycles. The van der Waals surface area contributed by atoms with Gasteiger partial charge in [0.15, 0.2) is 6.10 Å². The fourth-order valence-corrected chi connectivity index (χ4v) is 9.27. The molecule has 72 heavy (non-hydrogen) atoms. The predicted molar refractivity (Wildman–Crippen MR) is 312 cm³/mol. The van der Waals surface area contributed by atoms with Crippen molar-refractivity contribution in [2.45, 2.75) is 341 Å². The molecule has 0 N–H and O–H groups in total. The van der Waals surface area contributed by atoms with Crippen molar-refractivity contribution in [3.63, 3.8) is 0 Å². The van der Waals surface area contributed by atoms with Crippen LogP contribution in [0.3, 0.4) is 0 Å². The van der Waals surface area contributed by atoms with Crippen LogP contribution in [0.25, 0.3) is 0 Å². The zero-order chi connectivity index (χ0) is 52.2. The third kappa shape index (κ3) is 58.3. The second kappa shape index (κ2) is 60.9. The molecule has 0 radical (unpaired) electrons. The van der Waals surface area contributed by atoms with E-state index in [0.29, 0.717) is 19.3 Å². The lowest BCUT2D eigenvalue weighted by Crippen LogP contribution is -2.30. The average Bonchev–Trinajstić information content (AvgIpc) is 3.38. The highest BCUT2D eigenvalue weighted by molar-refractivity contribution is 5.71. The lowest BCUT2D eigenvalue weighted by atomic mass is 10.0. The molecule has 6 heteroatoms. The Kier molecular flexibility index (Phi) is 58.7. The zero-order valence-electron chi connectivity index (χ0n) is 48.2. The van der Waals surface area contributed by atoms with E-state index in [0.717, 1.165) is 70.6 Å². The van der Waals surface area contributed by atoms with Crippen LogP contribution in [0.1, 0.15) is 335 Å². The van der Waals surface area contributed by atoms with E-state index in [1.54, 1.807) is 0 Å². The predicted octanol–water partition coefficient (Wildman–Crippen LogP) is 21.4. The minimum Gasteiger partial charge on any atom is -0.462 e. The van der Waals surface area contributed by atoms with Gasteiger partial charge in [-0.05, 0) is 83.5 Å². The second-order valence-corrected chi connectivity index (χ2v) is 21.3. The largest absolute Gasteiger partial charge is 0.462 e. The van der Waals surface area contributed by atoms with Gasteiger partial charge in [0.05, 0.1) is 0 Å². The molecule has 0 bridgehead atoms. The Hall–Kier alpha value is -2.63. The van der Waals surface area contributed by atoms with Crippen LogP contribution in [0.15, 0.2) is 48.6 Å². The molecule has 0 saturated heterocycles. The second-order valence-electron chi connectivity index (χ2n) is 21.3. The maximum absolute atomic E-state index is 12.9. The molecule has 1 unspecified atom stereocenters. The highest BCUT2D eigenvalue weighted by atomic mass is 16.6. The van der Waals surface area contributed by atoms with Gasteiger partial charge in [0.25, 0.3) is 0 Å². The van der Waals surface area contributed by atoms with E-state index < -0.39 is 6.10 Å². The quantitative estimate of drug-likeness (QED) is 0.0261. The van der Waals surface area contributed by atoms with Crippen LogP contribution in [0.2, 0.25) is 0 Å². The maximum Gasteiger partial charge on any atom is 0.306 e. The molecule has 0 aromatic carbocycles. The fraction of sp³-hybridized carbons (Fsp3) is 0.833. The first kappa shape index (κ1) is 69.4. The molecule has 0 aliphatic carbocycles. The Morgan fingerprint density at radius 1 is 0.278 bits per heavy atom. The van der Waals surface area contributed by atoms with E-state index in [2.05, 4.69) is 69.4 Å². The van der Waals surface area contributed by atoms with Gasteiger partial charge < -0.3 is 14.2 Å². The van der Waals surface area contributed by atoms with E-state index in [4.69, 9.17) is 14.2 Å². The molecular weight excluding hydrogens is 889 g/mol. The van der Waals surface area contributed by atoms with E-state index in [1.807, 2.05) is 0 Å². The molecule has 0 spiro atoms. The molecule has 0 rings (SSSR count). The molecule has 0 heterocycles. The lowest BCUT2D eigenvalue weighted by molar-refractivity contribution is -0.167. The van der Waals surface area contributed by atoms with Gasteiger partial charge in [0.2, 0.25) is 0 Å². The number of ether oxygens (including phenoxy) is 3. The van der Waals surface area contributed by atoms with Crippen molar-refractivity contribution in [3.05, 3.63) is 48.6 Å². The minimum absolute atomic E-state index is 0.0712. The summed E-state index contributed by atoms with van der Waals surface area (Å²) in [5.74, 6) is -0.863. The molecule has 0 aromatic rings. The number of allylic oxidation sites excluding steroid dienone is 8. The van der Waals surface area contributed by atoms with Gasteiger partial charge in [-0.2, -0.15) is 0 Å². The molecule has 0 aromatic heterocycles. The average molecular weight is 1010 g/mol. The van der Waals surface area contributed by atoms with Crippen molar-refractivity contribution >= 4 is 17.9 Å². The van der Waals surface area contributed by atoms with E-state index in [-0.39, 0.29) is 31.1 Å². The van der Waals surface area contributed by atoms with Crippen LogP contribution in [-0.2, 0) is 28.6 Å². The van der Waals surface area contributed by atoms with Gasteiger partial charge in [-0.25, -0.2) is 0 Å². The van der Waals surface area contributed by atoms with Crippen LogP contribution < -0.4 is 0 Å². The number of carbonyl (C=O) groups is 3. The summed E-state index contributed by atoms with van der Waals surface area (Å²) in [7, 11) is 0. The number of unbranched alkanes of at least 4 members (excludes halogenated alkanes) is 39. The SMILES string of the molecule is CCCCCCC/C=C\C/C=C\C/C=C\CCCCCCCCCCCCCCC(=O)OCC(COC(=O)CCCCCCCCCC)OC(=O)CCCCCCCCCCC/C=C\CCCCCCCC. The fourth-order valence-electron chi connectivity index (χ4n) is 9.27. The van der Waals surface area contributed by atoms with Crippen LogP contribution in [0.5, 0.6) is 0 Å².